The smallest absolute Gasteiger partial charge is 0.331 e. The molecule has 0 spiro atoms. The number of hydrogen-bond acceptors (Lipinski definition) is 6. The highest BCUT2D eigenvalue weighted by atomic mass is 35.5. The van der Waals surface area contributed by atoms with Gasteiger partial charge in [-0.25, -0.2) is 14.8 Å². The third-order valence-electron chi connectivity index (χ3n) is 7.75. The molecule has 4 heterocycles. The minimum atomic E-state index is 0. The Morgan fingerprint density at radius 1 is 0.973 bits per heavy atom. The molecule has 8 nitrogen and oxygen atoms in total. The van der Waals surface area contributed by atoms with Gasteiger partial charge in [0.1, 0.15) is 17.3 Å². The molecule has 6 rings (SSSR count). The predicted octanol–water partition coefficient (Wildman–Crippen LogP) is 4.49. The van der Waals surface area contributed by atoms with Gasteiger partial charge in [0, 0.05) is 50.9 Å². The van der Waals surface area contributed by atoms with E-state index in [2.05, 4.69) is 52.4 Å². The second-order valence-corrected chi connectivity index (χ2v) is 10.1. The third-order valence-corrected chi connectivity index (χ3v) is 7.75. The fourth-order valence-corrected chi connectivity index (χ4v) is 5.97. The first kappa shape index (κ1) is 29.6. The number of nitrogens with one attached hydrogen (secondary N) is 1. The summed E-state index contributed by atoms with van der Waals surface area (Å²) in [6.07, 6.45) is 5.73. The van der Waals surface area contributed by atoms with E-state index < -0.39 is 0 Å². The Morgan fingerprint density at radius 3 is 2.35 bits per heavy atom. The fourth-order valence-electron chi connectivity index (χ4n) is 5.97. The van der Waals surface area contributed by atoms with E-state index in [1.54, 1.807) is 0 Å². The van der Waals surface area contributed by atoms with Crippen LogP contribution in [0.4, 0.5) is 11.5 Å². The summed E-state index contributed by atoms with van der Waals surface area (Å²) in [5.41, 5.74) is 2.23. The number of aromatic nitrogens is 4. The van der Waals surface area contributed by atoms with Crippen molar-refractivity contribution in [2.45, 2.75) is 64.1 Å². The Bertz CT molecular complexity index is 1170. The third kappa shape index (κ3) is 5.72. The summed E-state index contributed by atoms with van der Waals surface area (Å²) < 4.78 is 3.77. The largest absolute Gasteiger partial charge is 0.369 e. The number of imidazole rings is 1. The summed E-state index contributed by atoms with van der Waals surface area (Å²) in [5.74, 6) is 3.02. The molecule has 1 unspecified atom stereocenters. The number of anilines is 2. The van der Waals surface area contributed by atoms with Crippen molar-refractivity contribution >= 4 is 48.7 Å². The van der Waals surface area contributed by atoms with Gasteiger partial charge in [-0.15, -0.1) is 37.2 Å². The number of fused-ring (bicyclic) bond motifs is 3. The zero-order valence-electron chi connectivity index (χ0n) is 21.3. The number of nitrogens with zero attached hydrogens (tertiary/aromatic N) is 6. The summed E-state index contributed by atoms with van der Waals surface area (Å²) in [6.45, 7) is 8.55. The molecule has 1 atom stereocenters. The van der Waals surface area contributed by atoms with E-state index in [9.17, 15) is 4.79 Å². The normalized spacial score (nSPS) is 19.6. The summed E-state index contributed by atoms with van der Waals surface area (Å²) in [7, 11) is 0. The van der Waals surface area contributed by atoms with Crippen molar-refractivity contribution in [3.8, 4) is 11.5 Å². The van der Waals surface area contributed by atoms with E-state index >= 15 is 0 Å². The molecule has 0 radical (unpaired) electrons. The van der Waals surface area contributed by atoms with Gasteiger partial charge in [-0.2, -0.15) is 0 Å². The van der Waals surface area contributed by atoms with Crippen LogP contribution in [0.1, 0.15) is 50.8 Å². The van der Waals surface area contributed by atoms with Crippen LogP contribution in [0, 0.1) is 0 Å². The SMILES string of the molecule is CCCn1c2nc(C3CCCC3)nc-2c2n(c1=O)CC(CN1CCN(c3ccccc3)CC1)N2.Cl.Cl.Cl. The van der Waals surface area contributed by atoms with Crippen molar-refractivity contribution in [3.63, 3.8) is 0 Å². The molecule has 0 amide bonds. The highest BCUT2D eigenvalue weighted by Crippen LogP contribution is 2.37. The van der Waals surface area contributed by atoms with Crippen LogP contribution < -0.4 is 15.9 Å². The molecule has 1 aromatic carbocycles. The van der Waals surface area contributed by atoms with E-state index in [4.69, 9.17) is 9.97 Å². The summed E-state index contributed by atoms with van der Waals surface area (Å²) in [4.78, 5) is 28.3. The van der Waals surface area contributed by atoms with Gasteiger partial charge in [-0.1, -0.05) is 38.0 Å². The molecule has 37 heavy (non-hydrogen) atoms. The minimum Gasteiger partial charge on any atom is -0.369 e. The number of para-hydroxylation sites is 1. The second kappa shape index (κ2) is 12.7. The summed E-state index contributed by atoms with van der Waals surface area (Å²) in [6, 6.07) is 10.9. The van der Waals surface area contributed by atoms with Crippen molar-refractivity contribution in [3.05, 3.63) is 46.6 Å². The van der Waals surface area contributed by atoms with Gasteiger partial charge < -0.3 is 10.2 Å². The highest BCUT2D eigenvalue weighted by Gasteiger charge is 2.34. The van der Waals surface area contributed by atoms with Crippen molar-refractivity contribution in [2.24, 2.45) is 0 Å². The zero-order chi connectivity index (χ0) is 23.1. The number of halogens is 3. The number of hydrogen-bond donors (Lipinski definition) is 1. The van der Waals surface area contributed by atoms with Crippen LogP contribution in [0.25, 0.3) is 11.5 Å². The van der Waals surface area contributed by atoms with Crippen molar-refractivity contribution in [1.82, 2.24) is 24.0 Å². The average Bonchev–Trinajstić information content (AvgIpc) is 3.62. The van der Waals surface area contributed by atoms with Gasteiger partial charge >= 0.3 is 5.69 Å². The van der Waals surface area contributed by atoms with Crippen LogP contribution in [-0.4, -0.2) is 62.8 Å². The zero-order valence-corrected chi connectivity index (χ0v) is 23.8. The highest BCUT2D eigenvalue weighted by molar-refractivity contribution is 5.86. The van der Waals surface area contributed by atoms with Crippen molar-refractivity contribution in [2.75, 3.05) is 42.9 Å². The summed E-state index contributed by atoms with van der Waals surface area (Å²) >= 11 is 0. The molecule has 0 bridgehead atoms. The number of piperazine rings is 1. The van der Waals surface area contributed by atoms with Crippen LogP contribution in [0.15, 0.2) is 35.1 Å². The molecule has 1 aromatic rings. The van der Waals surface area contributed by atoms with E-state index in [-0.39, 0.29) is 49.0 Å². The second-order valence-electron chi connectivity index (χ2n) is 10.1. The first-order valence-electron chi connectivity index (χ1n) is 13.0. The van der Waals surface area contributed by atoms with Gasteiger partial charge in [-0.3, -0.25) is 14.0 Å². The maximum Gasteiger partial charge on any atom is 0.331 e. The first-order valence-corrected chi connectivity index (χ1v) is 13.0. The molecule has 1 saturated carbocycles. The predicted molar refractivity (Wildman–Crippen MR) is 157 cm³/mol. The average molecular weight is 571 g/mol. The molecule has 2 fully saturated rings. The standard InChI is InChI=1S/C26H35N7O.3ClH/c1-2-12-32-25-22(28-23(29-25)19-8-6-7-9-19)24-27-20(18-33(24)26(32)34)17-30-13-15-31(16-14-30)21-10-4-3-5-11-21;;;/h3-5,10-11,19-20,27H,2,6-9,12-18H2,1H3;3*1H. The van der Waals surface area contributed by atoms with Crippen LogP contribution >= 0.6 is 37.2 Å². The molecule has 11 heteroatoms. The molecule has 4 aliphatic heterocycles. The minimum absolute atomic E-state index is 0. The Hall–Kier alpha value is -2.00. The Kier molecular flexibility index (Phi) is 10.1. The van der Waals surface area contributed by atoms with E-state index in [0.29, 0.717) is 19.0 Å². The Balaban J connectivity index is 0.00000127. The summed E-state index contributed by atoms with van der Waals surface area (Å²) in [5, 5.41) is 3.67. The number of benzene rings is 1. The Labute approximate surface area is 237 Å². The van der Waals surface area contributed by atoms with Gasteiger partial charge in [0.25, 0.3) is 0 Å². The maximum absolute atomic E-state index is 13.4. The lowest BCUT2D eigenvalue weighted by Crippen LogP contribution is -2.49. The van der Waals surface area contributed by atoms with Crippen molar-refractivity contribution < 1.29 is 0 Å². The van der Waals surface area contributed by atoms with Crippen LogP contribution in [-0.2, 0) is 13.1 Å². The monoisotopic (exact) mass is 569 g/mol. The van der Waals surface area contributed by atoms with Crippen LogP contribution in [0.2, 0.25) is 0 Å². The Morgan fingerprint density at radius 2 is 1.68 bits per heavy atom. The van der Waals surface area contributed by atoms with Gasteiger partial charge in [0.2, 0.25) is 0 Å². The molecule has 1 aliphatic carbocycles. The lowest BCUT2D eigenvalue weighted by molar-refractivity contribution is 0.245. The topological polar surface area (TPSA) is 71.2 Å². The van der Waals surface area contributed by atoms with Crippen molar-refractivity contribution in [1.29, 1.82) is 0 Å². The first-order chi connectivity index (χ1) is 16.7. The van der Waals surface area contributed by atoms with E-state index in [0.717, 1.165) is 75.1 Å². The van der Waals surface area contributed by atoms with Gasteiger partial charge in [0.05, 0.1) is 12.6 Å². The number of rotatable bonds is 6. The quantitative estimate of drug-likeness (QED) is 0.471. The molecule has 0 aromatic heterocycles. The lowest BCUT2D eigenvalue weighted by atomic mass is 10.1. The van der Waals surface area contributed by atoms with E-state index in [1.165, 1.54) is 18.5 Å². The molecule has 204 valence electrons. The molecular formula is C26H38Cl3N7O. The molecule has 1 N–H and O–H groups in total. The molecular weight excluding hydrogens is 533 g/mol. The molecule has 5 aliphatic rings. The van der Waals surface area contributed by atoms with Crippen LogP contribution in [0.3, 0.4) is 0 Å². The molecule has 1 saturated heterocycles. The van der Waals surface area contributed by atoms with Gasteiger partial charge in [-0.05, 0) is 31.4 Å². The van der Waals surface area contributed by atoms with E-state index in [1.807, 2.05) is 9.13 Å². The van der Waals surface area contributed by atoms with Crippen LogP contribution in [0.5, 0.6) is 0 Å². The fraction of sp³-hybridized carbons (Fsp3) is 0.577. The lowest BCUT2D eigenvalue weighted by Gasteiger charge is -2.37. The van der Waals surface area contributed by atoms with Gasteiger partial charge in [0.15, 0.2) is 5.82 Å². The maximum atomic E-state index is 13.4.